The van der Waals surface area contributed by atoms with Crippen molar-refractivity contribution in [3.63, 3.8) is 0 Å². The van der Waals surface area contributed by atoms with E-state index in [1.54, 1.807) is 0 Å². The molecule has 0 aliphatic carbocycles. The van der Waals surface area contributed by atoms with Crippen molar-refractivity contribution in [2.75, 3.05) is 5.73 Å². The molecule has 1 aromatic heterocycles. The molecule has 19 heavy (non-hydrogen) atoms. The highest BCUT2D eigenvalue weighted by atomic mass is 79.9. The number of hydrogen-bond acceptors (Lipinski definition) is 4. The van der Waals surface area contributed by atoms with Gasteiger partial charge in [0.1, 0.15) is 0 Å². The molecule has 0 fully saturated rings. The molecule has 0 aliphatic rings. The molecule has 0 aliphatic heterocycles. The molecule has 0 atom stereocenters. The Balaban J connectivity index is 2.24. The maximum absolute atomic E-state index is 12.4. The zero-order chi connectivity index (χ0) is 14.0. The number of nitrogen functional groups attached to an aromatic ring is 1. The van der Waals surface area contributed by atoms with Crippen LogP contribution in [0, 0.1) is 0 Å². The number of nitrogens with two attached hydrogens (primary N) is 1. The molecule has 100 valence electrons. The lowest BCUT2D eigenvalue weighted by molar-refractivity contribution is -0.137. The minimum atomic E-state index is -4.44. The van der Waals surface area contributed by atoms with Crippen LogP contribution in [0.5, 0.6) is 11.8 Å². The van der Waals surface area contributed by atoms with Crippen LogP contribution < -0.4 is 10.5 Å². The minimum absolute atomic E-state index is 0.00495. The molecule has 1 heterocycles. The first-order valence-electron chi connectivity index (χ1n) is 4.98. The second-order valence-corrected chi connectivity index (χ2v) is 4.45. The normalized spacial score (nSPS) is 11.4. The van der Waals surface area contributed by atoms with Gasteiger partial charge in [-0.2, -0.15) is 13.2 Å². The van der Waals surface area contributed by atoms with Crippen LogP contribution in [0.25, 0.3) is 0 Å². The highest BCUT2D eigenvalue weighted by Gasteiger charge is 2.31. The molecule has 1 aromatic carbocycles. The fraction of sp³-hybridized carbons (Fsp3) is 0.0909. The van der Waals surface area contributed by atoms with Gasteiger partial charge in [0.15, 0.2) is 5.75 Å². The molecule has 4 nitrogen and oxygen atoms in total. The van der Waals surface area contributed by atoms with E-state index in [4.69, 9.17) is 10.5 Å². The largest absolute Gasteiger partial charge is 0.422 e. The van der Waals surface area contributed by atoms with E-state index in [2.05, 4.69) is 25.9 Å². The zero-order valence-corrected chi connectivity index (χ0v) is 10.9. The third kappa shape index (κ3) is 3.34. The Morgan fingerprint density at radius 1 is 1.16 bits per heavy atom. The summed E-state index contributed by atoms with van der Waals surface area (Å²) < 4.78 is 43.2. The highest BCUT2D eigenvalue weighted by Crippen LogP contribution is 2.34. The van der Waals surface area contributed by atoms with Gasteiger partial charge in [-0.1, -0.05) is 0 Å². The van der Waals surface area contributed by atoms with Crippen LogP contribution >= 0.6 is 15.9 Å². The van der Waals surface area contributed by atoms with Gasteiger partial charge in [0.25, 0.3) is 0 Å². The number of benzene rings is 1. The molecule has 2 N–H and O–H groups in total. The Morgan fingerprint density at radius 3 is 2.32 bits per heavy atom. The van der Waals surface area contributed by atoms with Crippen molar-refractivity contribution in [2.24, 2.45) is 0 Å². The second-order valence-electron chi connectivity index (χ2n) is 3.54. The summed E-state index contributed by atoms with van der Waals surface area (Å²) in [5.41, 5.74) is 4.53. The number of nitrogens with zero attached hydrogens (tertiary/aromatic N) is 2. The standard InChI is InChI=1S/C11H7BrF3N3O/c12-7-4-17-10(18-5-7)19-9-2-1-6(3-8(9)16)11(13,14)15/h1-5H,16H2. The monoisotopic (exact) mass is 333 g/mol. The fourth-order valence-electron chi connectivity index (χ4n) is 1.27. The summed E-state index contributed by atoms with van der Waals surface area (Å²) in [6.45, 7) is 0. The average molecular weight is 334 g/mol. The summed E-state index contributed by atoms with van der Waals surface area (Å²) in [6.07, 6.45) is -1.55. The summed E-state index contributed by atoms with van der Waals surface area (Å²) >= 11 is 3.15. The van der Waals surface area contributed by atoms with Crippen LogP contribution in [0.1, 0.15) is 5.56 Å². The predicted molar refractivity (Wildman–Crippen MR) is 65.7 cm³/mol. The van der Waals surface area contributed by atoms with E-state index >= 15 is 0 Å². The number of halogens is 4. The topological polar surface area (TPSA) is 61.0 Å². The van der Waals surface area contributed by atoms with Crippen LogP contribution in [-0.4, -0.2) is 9.97 Å². The second kappa shape index (κ2) is 5.04. The van der Waals surface area contributed by atoms with Crippen molar-refractivity contribution in [1.29, 1.82) is 0 Å². The van der Waals surface area contributed by atoms with E-state index in [0.717, 1.165) is 18.2 Å². The predicted octanol–water partition coefficient (Wildman–Crippen LogP) is 3.63. The Morgan fingerprint density at radius 2 is 1.79 bits per heavy atom. The summed E-state index contributed by atoms with van der Waals surface area (Å²) in [7, 11) is 0. The number of ether oxygens (including phenoxy) is 1. The van der Waals surface area contributed by atoms with Crippen molar-refractivity contribution in [3.05, 3.63) is 40.6 Å². The van der Waals surface area contributed by atoms with Crippen LogP contribution in [0.15, 0.2) is 35.1 Å². The summed E-state index contributed by atoms with van der Waals surface area (Å²) in [5, 5.41) is 0. The number of rotatable bonds is 2. The third-order valence-electron chi connectivity index (χ3n) is 2.13. The van der Waals surface area contributed by atoms with Gasteiger partial charge in [-0.05, 0) is 34.1 Å². The maximum Gasteiger partial charge on any atom is 0.416 e. The zero-order valence-electron chi connectivity index (χ0n) is 9.28. The van der Waals surface area contributed by atoms with Crippen molar-refractivity contribution in [3.8, 4) is 11.8 Å². The van der Waals surface area contributed by atoms with E-state index in [1.807, 2.05) is 0 Å². The average Bonchev–Trinajstić information content (AvgIpc) is 2.33. The smallest absolute Gasteiger partial charge is 0.416 e. The van der Waals surface area contributed by atoms with E-state index < -0.39 is 11.7 Å². The molecule has 2 rings (SSSR count). The van der Waals surface area contributed by atoms with Crippen molar-refractivity contribution in [1.82, 2.24) is 9.97 Å². The van der Waals surface area contributed by atoms with Gasteiger partial charge in [0.05, 0.1) is 15.7 Å². The lowest BCUT2D eigenvalue weighted by Crippen LogP contribution is -2.06. The Bertz CT molecular complexity index is 587. The molecule has 8 heteroatoms. The van der Waals surface area contributed by atoms with Gasteiger partial charge in [-0.15, -0.1) is 0 Å². The molecular formula is C11H7BrF3N3O. The molecule has 0 spiro atoms. The van der Waals surface area contributed by atoms with Gasteiger partial charge in [-0.3, -0.25) is 0 Å². The van der Waals surface area contributed by atoms with Crippen molar-refractivity contribution in [2.45, 2.75) is 6.18 Å². The van der Waals surface area contributed by atoms with E-state index in [-0.39, 0.29) is 17.4 Å². The van der Waals surface area contributed by atoms with Gasteiger partial charge in [-0.25, -0.2) is 9.97 Å². The molecule has 0 radical (unpaired) electrons. The van der Waals surface area contributed by atoms with Crippen LogP contribution in [0.3, 0.4) is 0 Å². The van der Waals surface area contributed by atoms with Gasteiger partial charge in [0, 0.05) is 12.4 Å². The number of anilines is 1. The Hall–Kier alpha value is -1.83. The molecule has 0 amide bonds. The molecule has 0 saturated heterocycles. The van der Waals surface area contributed by atoms with Gasteiger partial charge in [0.2, 0.25) is 0 Å². The number of hydrogen-bond donors (Lipinski definition) is 1. The lowest BCUT2D eigenvalue weighted by Gasteiger charge is -2.10. The lowest BCUT2D eigenvalue weighted by atomic mass is 10.2. The number of alkyl halides is 3. The first kappa shape index (κ1) is 13.6. The van der Waals surface area contributed by atoms with Crippen LogP contribution in [-0.2, 0) is 6.18 Å². The first-order valence-corrected chi connectivity index (χ1v) is 5.77. The van der Waals surface area contributed by atoms with Crippen LogP contribution in [0.4, 0.5) is 18.9 Å². The summed E-state index contributed by atoms with van der Waals surface area (Å²) in [6, 6.07) is 2.80. The quantitative estimate of drug-likeness (QED) is 0.852. The molecular weight excluding hydrogens is 327 g/mol. The van der Waals surface area contributed by atoms with E-state index in [9.17, 15) is 13.2 Å². The molecule has 0 saturated carbocycles. The molecule has 0 bridgehead atoms. The van der Waals surface area contributed by atoms with Crippen molar-refractivity contribution >= 4 is 21.6 Å². The Kier molecular flexibility index (Phi) is 3.61. The maximum atomic E-state index is 12.4. The molecule has 0 unspecified atom stereocenters. The van der Waals surface area contributed by atoms with E-state index in [0.29, 0.717) is 4.47 Å². The van der Waals surface area contributed by atoms with Crippen LogP contribution in [0.2, 0.25) is 0 Å². The van der Waals surface area contributed by atoms with E-state index in [1.165, 1.54) is 12.4 Å². The van der Waals surface area contributed by atoms with Gasteiger partial charge >= 0.3 is 12.2 Å². The SMILES string of the molecule is Nc1cc(C(F)(F)F)ccc1Oc1ncc(Br)cn1. The Labute approximate surface area is 114 Å². The summed E-state index contributed by atoms with van der Waals surface area (Å²) in [5.74, 6) is 0.0651. The fourth-order valence-corrected chi connectivity index (χ4v) is 1.47. The first-order chi connectivity index (χ1) is 8.86. The van der Waals surface area contributed by atoms with Crippen molar-refractivity contribution < 1.29 is 17.9 Å². The van der Waals surface area contributed by atoms with Gasteiger partial charge < -0.3 is 10.5 Å². The molecule has 2 aromatic rings. The summed E-state index contributed by atoms with van der Waals surface area (Å²) in [4.78, 5) is 7.66. The number of aromatic nitrogens is 2. The third-order valence-corrected chi connectivity index (χ3v) is 2.54. The highest BCUT2D eigenvalue weighted by molar-refractivity contribution is 9.10. The minimum Gasteiger partial charge on any atom is -0.422 e.